The molecule has 0 radical (unpaired) electrons. The van der Waals surface area contributed by atoms with Gasteiger partial charge in [0.1, 0.15) is 4.83 Å². The fourth-order valence-electron chi connectivity index (χ4n) is 1.95. The van der Waals surface area contributed by atoms with Gasteiger partial charge in [-0.05, 0) is 29.6 Å². The van der Waals surface area contributed by atoms with Crippen LogP contribution in [-0.4, -0.2) is 9.55 Å². The Morgan fingerprint density at radius 1 is 1.47 bits per heavy atom. The second-order valence-electron chi connectivity index (χ2n) is 4.19. The van der Waals surface area contributed by atoms with Gasteiger partial charge in [0.15, 0.2) is 4.77 Å². The maximum atomic E-state index is 12.3. The van der Waals surface area contributed by atoms with Crippen LogP contribution < -0.4 is 5.56 Å². The van der Waals surface area contributed by atoms with E-state index in [9.17, 15) is 4.79 Å². The molecule has 17 heavy (non-hydrogen) atoms. The van der Waals surface area contributed by atoms with Crippen LogP contribution in [0.3, 0.4) is 0 Å². The maximum absolute atomic E-state index is 12.3. The third kappa shape index (κ3) is 2.35. The van der Waals surface area contributed by atoms with Crippen LogP contribution in [0.1, 0.15) is 26.7 Å². The minimum atomic E-state index is 0.0388. The predicted octanol–water partition coefficient (Wildman–Crippen LogP) is 3.56. The fraction of sp³-hybridized carbons (Fsp3) is 0.500. The smallest absolute Gasteiger partial charge is 0.263 e. The van der Waals surface area contributed by atoms with Crippen LogP contribution >= 0.6 is 23.6 Å². The molecular weight excluding hydrogens is 252 g/mol. The second kappa shape index (κ2) is 5.14. The zero-order valence-electron chi connectivity index (χ0n) is 10.0. The summed E-state index contributed by atoms with van der Waals surface area (Å²) in [6.07, 6.45) is 2.14. The lowest BCUT2D eigenvalue weighted by molar-refractivity contribution is 0.408. The maximum Gasteiger partial charge on any atom is 0.263 e. The van der Waals surface area contributed by atoms with Gasteiger partial charge >= 0.3 is 0 Å². The Morgan fingerprint density at radius 2 is 2.18 bits per heavy atom. The summed E-state index contributed by atoms with van der Waals surface area (Å²) in [6, 6.07) is 1.86. The van der Waals surface area contributed by atoms with Crippen LogP contribution in [0.15, 0.2) is 16.2 Å². The van der Waals surface area contributed by atoms with Gasteiger partial charge in [0, 0.05) is 6.54 Å². The van der Waals surface area contributed by atoms with Crippen molar-refractivity contribution in [3.63, 3.8) is 0 Å². The Balaban J connectivity index is 2.53. The number of nitrogens with zero attached hydrogens (tertiary/aromatic N) is 1. The highest BCUT2D eigenvalue weighted by Crippen LogP contribution is 2.15. The van der Waals surface area contributed by atoms with E-state index in [1.807, 2.05) is 11.4 Å². The molecule has 0 saturated heterocycles. The lowest BCUT2D eigenvalue weighted by atomic mass is 10.0. The van der Waals surface area contributed by atoms with E-state index in [1.54, 1.807) is 4.57 Å². The largest absolute Gasteiger partial charge is 0.323 e. The van der Waals surface area contributed by atoms with Crippen molar-refractivity contribution in [1.82, 2.24) is 9.55 Å². The average Bonchev–Trinajstić information content (AvgIpc) is 2.77. The highest BCUT2D eigenvalue weighted by molar-refractivity contribution is 7.71. The number of fused-ring (bicyclic) bond motifs is 1. The molecular formula is C12H16N2OS2. The van der Waals surface area contributed by atoms with E-state index >= 15 is 0 Å². The van der Waals surface area contributed by atoms with Gasteiger partial charge in [-0.25, -0.2) is 0 Å². The highest BCUT2D eigenvalue weighted by atomic mass is 32.1. The van der Waals surface area contributed by atoms with Crippen LogP contribution in [0.2, 0.25) is 0 Å². The lowest BCUT2D eigenvalue weighted by Crippen LogP contribution is -2.25. The Labute approximate surface area is 109 Å². The summed E-state index contributed by atoms with van der Waals surface area (Å²) in [5, 5.41) is 2.66. The van der Waals surface area contributed by atoms with Gasteiger partial charge in [0.2, 0.25) is 0 Å². The number of hydrogen-bond acceptors (Lipinski definition) is 3. The van der Waals surface area contributed by atoms with Crippen LogP contribution in [0.5, 0.6) is 0 Å². The number of hydrogen-bond donors (Lipinski definition) is 1. The highest BCUT2D eigenvalue weighted by Gasteiger charge is 2.10. The van der Waals surface area contributed by atoms with Crippen LogP contribution in [0.25, 0.3) is 10.2 Å². The summed E-state index contributed by atoms with van der Waals surface area (Å²) < 4.78 is 2.24. The van der Waals surface area contributed by atoms with Crippen molar-refractivity contribution in [3.8, 4) is 0 Å². The summed E-state index contributed by atoms with van der Waals surface area (Å²) in [5.41, 5.74) is 0.0388. The minimum Gasteiger partial charge on any atom is -0.323 e. The number of H-pyrrole nitrogens is 1. The molecule has 1 N–H and O–H groups in total. The number of aromatic amines is 1. The van der Waals surface area contributed by atoms with Crippen molar-refractivity contribution in [1.29, 1.82) is 0 Å². The molecule has 5 heteroatoms. The number of nitrogens with one attached hydrogen (secondary N) is 1. The molecule has 2 aromatic rings. The average molecular weight is 268 g/mol. The fourth-order valence-corrected chi connectivity index (χ4v) is 3.05. The molecule has 0 unspecified atom stereocenters. The first-order chi connectivity index (χ1) is 8.17. The van der Waals surface area contributed by atoms with Gasteiger partial charge in [0.25, 0.3) is 5.56 Å². The zero-order chi connectivity index (χ0) is 12.4. The minimum absolute atomic E-state index is 0.0388. The molecule has 0 amide bonds. The van der Waals surface area contributed by atoms with Crippen molar-refractivity contribution < 1.29 is 0 Å². The number of aromatic nitrogens is 2. The Bertz CT molecular complexity index is 619. The van der Waals surface area contributed by atoms with Gasteiger partial charge in [-0.15, -0.1) is 11.3 Å². The van der Waals surface area contributed by atoms with E-state index in [1.165, 1.54) is 11.3 Å². The Morgan fingerprint density at radius 3 is 2.82 bits per heavy atom. The van der Waals surface area contributed by atoms with E-state index in [0.29, 0.717) is 17.2 Å². The molecule has 0 aromatic carbocycles. The quantitative estimate of drug-likeness (QED) is 0.861. The normalized spacial score (nSPS) is 11.5. The van der Waals surface area contributed by atoms with Crippen LogP contribution in [0.4, 0.5) is 0 Å². The summed E-state index contributed by atoms with van der Waals surface area (Å²) in [6.45, 7) is 5.01. The second-order valence-corrected chi connectivity index (χ2v) is 5.49. The third-order valence-corrected chi connectivity index (χ3v) is 4.35. The third-order valence-electron chi connectivity index (χ3n) is 3.20. The van der Waals surface area contributed by atoms with E-state index in [4.69, 9.17) is 12.2 Å². The molecule has 0 bridgehead atoms. The van der Waals surface area contributed by atoms with Gasteiger partial charge in [-0.3, -0.25) is 9.36 Å². The van der Waals surface area contributed by atoms with E-state index in [2.05, 4.69) is 18.8 Å². The summed E-state index contributed by atoms with van der Waals surface area (Å²) in [4.78, 5) is 16.3. The van der Waals surface area contributed by atoms with Crippen LogP contribution in [-0.2, 0) is 6.54 Å². The van der Waals surface area contributed by atoms with Crippen LogP contribution in [0, 0.1) is 10.7 Å². The summed E-state index contributed by atoms with van der Waals surface area (Å²) in [7, 11) is 0. The lowest BCUT2D eigenvalue weighted by Gasteiger charge is -2.14. The molecule has 2 heterocycles. The Hall–Kier alpha value is -0.940. The monoisotopic (exact) mass is 268 g/mol. The first-order valence-corrected chi connectivity index (χ1v) is 7.16. The van der Waals surface area contributed by atoms with Crippen molar-refractivity contribution in [2.45, 2.75) is 33.2 Å². The van der Waals surface area contributed by atoms with Gasteiger partial charge < -0.3 is 4.98 Å². The van der Waals surface area contributed by atoms with E-state index < -0.39 is 0 Å². The molecule has 3 nitrogen and oxygen atoms in total. The number of thiophene rings is 1. The first-order valence-electron chi connectivity index (χ1n) is 5.87. The summed E-state index contributed by atoms with van der Waals surface area (Å²) >= 11 is 6.78. The molecule has 0 aliphatic heterocycles. The molecule has 0 aliphatic rings. The van der Waals surface area contributed by atoms with Gasteiger partial charge in [-0.2, -0.15) is 0 Å². The zero-order valence-corrected chi connectivity index (χ0v) is 11.7. The molecule has 2 rings (SSSR count). The van der Waals surface area contributed by atoms with Gasteiger partial charge in [-0.1, -0.05) is 26.7 Å². The van der Waals surface area contributed by atoms with E-state index in [-0.39, 0.29) is 5.56 Å². The Kier molecular flexibility index (Phi) is 3.79. The summed E-state index contributed by atoms with van der Waals surface area (Å²) in [5.74, 6) is 0.513. The van der Waals surface area contributed by atoms with Crippen molar-refractivity contribution in [3.05, 3.63) is 26.6 Å². The number of rotatable bonds is 4. The first kappa shape index (κ1) is 12.5. The van der Waals surface area contributed by atoms with Crippen molar-refractivity contribution >= 4 is 33.8 Å². The molecule has 0 atom stereocenters. The van der Waals surface area contributed by atoms with Crippen molar-refractivity contribution in [2.24, 2.45) is 5.92 Å². The van der Waals surface area contributed by atoms with E-state index in [0.717, 1.165) is 23.1 Å². The SMILES string of the molecule is CCC(CC)Cn1c(=S)[nH]c2sccc2c1=O. The molecule has 0 saturated carbocycles. The molecule has 92 valence electrons. The molecule has 0 aliphatic carbocycles. The topological polar surface area (TPSA) is 37.8 Å². The predicted molar refractivity (Wildman–Crippen MR) is 75.3 cm³/mol. The van der Waals surface area contributed by atoms with Crippen molar-refractivity contribution in [2.75, 3.05) is 0 Å². The van der Waals surface area contributed by atoms with Gasteiger partial charge in [0.05, 0.1) is 5.39 Å². The standard InChI is InChI=1S/C12H16N2OS2/c1-3-8(4-2)7-14-11(15)9-5-6-17-10(9)13-12(14)16/h5-6,8H,3-4,7H2,1-2H3,(H,13,16). The molecule has 0 spiro atoms. The molecule has 2 aromatic heterocycles. The molecule has 0 fully saturated rings.